The van der Waals surface area contributed by atoms with Crippen LogP contribution in [0.25, 0.3) is 0 Å². The van der Waals surface area contributed by atoms with Crippen LogP contribution in [-0.4, -0.2) is 25.3 Å². The Balaban J connectivity index is 2.13. The molecule has 0 spiro atoms. The van der Waals surface area contributed by atoms with Gasteiger partial charge in [-0.3, -0.25) is 0 Å². The van der Waals surface area contributed by atoms with Gasteiger partial charge in [-0.25, -0.2) is 0 Å². The molecule has 4 nitrogen and oxygen atoms in total. The first kappa shape index (κ1) is 10.1. The van der Waals surface area contributed by atoms with Crippen molar-refractivity contribution in [1.82, 2.24) is 0 Å². The van der Waals surface area contributed by atoms with E-state index >= 15 is 0 Å². The van der Waals surface area contributed by atoms with Gasteiger partial charge < -0.3 is 20.1 Å². The summed E-state index contributed by atoms with van der Waals surface area (Å²) >= 11 is 0. The maximum absolute atomic E-state index is 9.91. The predicted molar refractivity (Wildman–Crippen MR) is 60.7 cm³/mol. The average Bonchev–Trinajstić information content (AvgIpc) is 2.66. The predicted octanol–water partition coefficient (Wildman–Crippen LogP) is -0.271. The number of benzene rings is 1. The lowest BCUT2D eigenvalue weighted by molar-refractivity contribution is 0.198. The van der Waals surface area contributed by atoms with Crippen LogP contribution in [0.2, 0.25) is 0 Å². The second kappa shape index (κ2) is 3.77. The summed E-state index contributed by atoms with van der Waals surface area (Å²) in [4.78, 5) is 0. The molecule has 1 unspecified atom stereocenters. The quantitative estimate of drug-likeness (QED) is 0.638. The highest BCUT2D eigenvalue weighted by Crippen LogP contribution is 2.31. The maximum atomic E-state index is 9.91. The van der Waals surface area contributed by atoms with Crippen molar-refractivity contribution in [1.29, 1.82) is 0 Å². The fourth-order valence-corrected chi connectivity index (χ4v) is 2.54. The molecule has 2 heterocycles. The zero-order valence-corrected chi connectivity index (χ0v) is 8.98. The molecule has 0 radical (unpaired) electrons. The lowest BCUT2D eigenvalue weighted by atomic mass is 9.74. The van der Waals surface area contributed by atoms with Crippen molar-refractivity contribution in [2.75, 3.05) is 13.2 Å². The van der Waals surface area contributed by atoms with Crippen LogP contribution in [0.3, 0.4) is 0 Å². The largest absolute Gasteiger partial charge is 0.493 e. The van der Waals surface area contributed by atoms with Gasteiger partial charge >= 0.3 is 7.12 Å². The second-order valence-corrected chi connectivity index (χ2v) is 4.21. The van der Waals surface area contributed by atoms with Gasteiger partial charge in [0.1, 0.15) is 5.75 Å². The van der Waals surface area contributed by atoms with Gasteiger partial charge in [-0.2, -0.15) is 0 Å². The smallest absolute Gasteiger partial charge is 0.492 e. The molecule has 0 bridgehead atoms. The molecule has 1 aromatic carbocycles. The molecular formula is C11H14BNO3. The van der Waals surface area contributed by atoms with Gasteiger partial charge in [0.25, 0.3) is 0 Å². The van der Waals surface area contributed by atoms with Crippen LogP contribution in [0.1, 0.15) is 23.7 Å². The standard InChI is InChI=1S/C11H14BNO3/c13-6-10-8-3-4-9-7(2-1-5-15-9)11(8)12(14)16-10/h3-4,10,14H,1-2,5-6,13H2. The molecule has 0 amide bonds. The van der Waals surface area contributed by atoms with E-state index in [1.54, 1.807) is 0 Å². The molecule has 1 aromatic rings. The Morgan fingerprint density at radius 1 is 1.50 bits per heavy atom. The third kappa shape index (κ3) is 1.36. The summed E-state index contributed by atoms with van der Waals surface area (Å²) in [5.41, 5.74) is 8.60. The first-order valence-electron chi connectivity index (χ1n) is 5.63. The number of hydrogen-bond acceptors (Lipinski definition) is 4. The van der Waals surface area contributed by atoms with Gasteiger partial charge in [0.2, 0.25) is 0 Å². The molecule has 5 heteroatoms. The molecule has 3 rings (SSSR count). The van der Waals surface area contributed by atoms with Crippen molar-refractivity contribution in [3.05, 3.63) is 23.3 Å². The van der Waals surface area contributed by atoms with Crippen LogP contribution in [0, 0.1) is 0 Å². The molecule has 3 N–H and O–H groups in total. The first-order valence-corrected chi connectivity index (χ1v) is 5.63. The van der Waals surface area contributed by atoms with E-state index < -0.39 is 7.12 Å². The SMILES string of the molecule is NCC1OB(O)c2c1ccc1c2CCCO1. The average molecular weight is 219 g/mol. The van der Waals surface area contributed by atoms with E-state index in [1.165, 1.54) is 0 Å². The zero-order chi connectivity index (χ0) is 11.1. The van der Waals surface area contributed by atoms with Gasteiger partial charge in [-0.1, -0.05) is 6.07 Å². The first-order chi connectivity index (χ1) is 7.81. The van der Waals surface area contributed by atoms with Crippen molar-refractivity contribution in [3.63, 3.8) is 0 Å². The molecule has 16 heavy (non-hydrogen) atoms. The van der Waals surface area contributed by atoms with Crippen LogP contribution in [0.15, 0.2) is 12.1 Å². The van der Waals surface area contributed by atoms with Crippen molar-refractivity contribution < 1.29 is 14.4 Å². The van der Waals surface area contributed by atoms with E-state index in [0.717, 1.165) is 41.8 Å². The van der Waals surface area contributed by atoms with Crippen LogP contribution < -0.4 is 15.9 Å². The number of nitrogens with two attached hydrogens (primary N) is 1. The zero-order valence-electron chi connectivity index (χ0n) is 8.98. The number of hydrogen-bond donors (Lipinski definition) is 2. The lowest BCUT2D eigenvalue weighted by Gasteiger charge is -2.20. The minimum atomic E-state index is -0.847. The van der Waals surface area contributed by atoms with Gasteiger partial charge in [0.05, 0.1) is 12.7 Å². The highest BCUT2D eigenvalue weighted by molar-refractivity contribution is 6.62. The summed E-state index contributed by atoms with van der Waals surface area (Å²) in [5, 5.41) is 9.91. The highest BCUT2D eigenvalue weighted by atomic mass is 16.5. The molecule has 0 saturated carbocycles. The van der Waals surface area contributed by atoms with Crippen LogP contribution >= 0.6 is 0 Å². The normalized spacial score (nSPS) is 22.6. The Bertz CT molecular complexity index is 424. The van der Waals surface area contributed by atoms with Gasteiger partial charge in [0.15, 0.2) is 0 Å². The number of fused-ring (bicyclic) bond motifs is 3. The minimum Gasteiger partial charge on any atom is -0.493 e. The summed E-state index contributed by atoms with van der Waals surface area (Å²) in [6, 6.07) is 3.91. The molecule has 84 valence electrons. The van der Waals surface area contributed by atoms with Gasteiger partial charge in [-0.15, -0.1) is 0 Å². The van der Waals surface area contributed by atoms with E-state index in [9.17, 15) is 5.02 Å². The van der Waals surface area contributed by atoms with E-state index in [0.29, 0.717) is 6.54 Å². The van der Waals surface area contributed by atoms with E-state index in [2.05, 4.69) is 0 Å². The van der Waals surface area contributed by atoms with Gasteiger partial charge in [-0.05, 0) is 35.5 Å². The number of ether oxygens (including phenoxy) is 1. The Morgan fingerprint density at radius 2 is 2.38 bits per heavy atom. The van der Waals surface area contributed by atoms with Crippen molar-refractivity contribution in [3.8, 4) is 5.75 Å². The summed E-state index contributed by atoms with van der Waals surface area (Å²) in [6.07, 6.45) is 1.75. The van der Waals surface area contributed by atoms with Gasteiger partial charge in [0, 0.05) is 6.54 Å². The summed E-state index contributed by atoms with van der Waals surface area (Å²) in [7, 11) is -0.847. The molecule has 1 atom stereocenters. The van der Waals surface area contributed by atoms with Crippen molar-refractivity contribution >= 4 is 12.6 Å². The lowest BCUT2D eigenvalue weighted by Crippen LogP contribution is -2.33. The Morgan fingerprint density at radius 3 is 3.19 bits per heavy atom. The molecule has 0 saturated heterocycles. The van der Waals surface area contributed by atoms with E-state index in [1.807, 2.05) is 12.1 Å². The fourth-order valence-electron chi connectivity index (χ4n) is 2.54. The third-order valence-corrected chi connectivity index (χ3v) is 3.28. The molecular weight excluding hydrogens is 205 g/mol. The fraction of sp³-hybridized carbons (Fsp3) is 0.455. The van der Waals surface area contributed by atoms with Crippen LogP contribution in [-0.2, 0) is 11.1 Å². The van der Waals surface area contributed by atoms with Crippen molar-refractivity contribution in [2.24, 2.45) is 5.73 Å². The number of rotatable bonds is 1. The Hall–Kier alpha value is -1.04. The summed E-state index contributed by atoms with van der Waals surface area (Å²) < 4.78 is 11.0. The van der Waals surface area contributed by atoms with Crippen LogP contribution in [0.5, 0.6) is 5.75 Å². The molecule has 0 aromatic heterocycles. The van der Waals surface area contributed by atoms with E-state index in [4.69, 9.17) is 15.1 Å². The Labute approximate surface area is 94.5 Å². The minimum absolute atomic E-state index is 0.183. The maximum Gasteiger partial charge on any atom is 0.492 e. The Kier molecular flexibility index (Phi) is 2.39. The molecule has 2 aliphatic rings. The van der Waals surface area contributed by atoms with Crippen LogP contribution in [0.4, 0.5) is 0 Å². The monoisotopic (exact) mass is 219 g/mol. The second-order valence-electron chi connectivity index (χ2n) is 4.21. The van der Waals surface area contributed by atoms with E-state index in [-0.39, 0.29) is 6.10 Å². The summed E-state index contributed by atoms with van der Waals surface area (Å²) in [6.45, 7) is 1.15. The molecule has 0 fully saturated rings. The molecule has 0 aliphatic carbocycles. The highest BCUT2D eigenvalue weighted by Gasteiger charge is 2.37. The third-order valence-electron chi connectivity index (χ3n) is 3.28. The molecule has 2 aliphatic heterocycles. The summed E-state index contributed by atoms with van der Waals surface area (Å²) in [5.74, 6) is 0.880. The topological polar surface area (TPSA) is 64.7 Å². The van der Waals surface area contributed by atoms with Crippen molar-refractivity contribution in [2.45, 2.75) is 18.9 Å².